The van der Waals surface area contributed by atoms with Crippen molar-refractivity contribution < 1.29 is 21.6 Å². The van der Waals surface area contributed by atoms with Crippen molar-refractivity contribution in [2.75, 3.05) is 13.7 Å². The Morgan fingerprint density at radius 2 is 1.78 bits per heavy atom. The van der Waals surface area contributed by atoms with E-state index in [-0.39, 0.29) is 14.6 Å². The molecule has 0 aliphatic rings. The van der Waals surface area contributed by atoms with Gasteiger partial charge >= 0.3 is 0 Å². The van der Waals surface area contributed by atoms with Gasteiger partial charge in [0, 0.05) is 13.7 Å². The van der Waals surface area contributed by atoms with Gasteiger partial charge in [-0.2, -0.15) is 8.42 Å². The molecule has 0 fully saturated rings. The van der Waals surface area contributed by atoms with Crippen molar-refractivity contribution >= 4 is 41.6 Å². The van der Waals surface area contributed by atoms with Crippen LogP contribution in [-0.4, -0.2) is 35.1 Å². The molecule has 0 amide bonds. The topological polar surface area (TPSA) is 121 Å². The van der Waals surface area contributed by atoms with Gasteiger partial charge in [-0.05, 0) is 30.3 Å². The maximum Gasteiger partial charge on any atom is 0.285 e. The van der Waals surface area contributed by atoms with E-state index in [0.29, 0.717) is 23.4 Å². The molecule has 3 rings (SSSR count). The van der Waals surface area contributed by atoms with E-state index in [1.807, 2.05) is 0 Å². The van der Waals surface area contributed by atoms with Crippen molar-refractivity contribution in [1.29, 1.82) is 0 Å². The fourth-order valence-electron chi connectivity index (χ4n) is 2.45. The highest BCUT2D eigenvalue weighted by Gasteiger charge is 2.16. The summed E-state index contributed by atoms with van der Waals surface area (Å²) < 4.78 is 59.7. The van der Waals surface area contributed by atoms with Crippen molar-refractivity contribution in [2.24, 2.45) is 9.54 Å². The summed E-state index contributed by atoms with van der Waals surface area (Å²) in [6.07, 6.45) is 0. The Kier molecular flexibility index (Phi) is 5.49. The van der Waals surface area contributed by atoms with Crippen LogP contribution in [0, 0.1) is 0 Å². The third-order valence-electron chi connectivity index (χ3n) is 3.74. The summed E-state index contributed by atoms with van der Waals surface area (Å²) in [5, 5.41) is 5.18. The number of fused-ring (bicyclic) bond motifs is 1. The lowest BCUT2D eigenvalue weighted by Crippen LogP contribution is -2.19. The van der Waals surface area contributed by atoms with E-state index in [0.717, 1.165) is 11.3 Å². The number of nitrogens with zero attached hydrogens (tertiary/aromatic N) is 2. The molecule has 0 aliphatic heterocycles. The van der Waals surface area contributed by atoms with Crippen molar-refractivity contribution in [3.05, 3.63) is 53.3 Å². The maximum absolute atomic E-state index is 12.6. The van der Waals surface area contributed by atoms with Gasteiger partial charge in [0.2, 0.25) is 14.8 Å². The summed E-state index contributed by atoms with van der Waals surface area (Å²) in [6, 6.07) is 12.2. The minimum absolute atomic E-state index is 0.0485. The van der Waals surface area contributed by atoms with Crippen molar-refractivity contribution in [1.82, 2.24) is 4.57 Å². The number of primary sulfonamides is 1. The molecule has 3 aromatic rings. The second-order valence-electron chi connectivity index (χ2n) is 5.58. The van der Waals surface area contributed by atoms with Crippen LogP contribution in [0.1, 0.15) is 0 Å². The van der Waals surface area contributed by atoms with E-state index in [2.05, 4.69) is 4.40 Å². The van der Waals surface area contributed by atoms with Gasteiger partial charge in [-0.15, -0.1) is 4.40 Å². The Morgan fingerprint density at radius 3 is 2.41 bits per heavy atom. The number of hydrogen-bond donors (Lipinski definition) is 1. The molecule has 27 heavy (non-hydrogen) atoms. The SMILES string of the molecule is COCCn1/c(=N/S(=O)(=O)c2ccccc2)sc2cc(S(N)(=O)=O)ccc21. The van der Waals surface area contributed by atoms with Crippen LogP contribution in [0.4, 0.5) is 0 Å². The first-order valence-electron chi connectivity index (χ1n) is 7.73. The molecule has 144 valence electrons. The van der Waals surface area contributed by atoms with Gasteiger partial charge in [0.1, 0.15) is 0 Å². The minimum Gasteiger partial charge on any atom is -0.383 e. The quantitative estimate of drug-likeness (QED) is 0.635. The first kappa shape index (κ1) is 19.7. The zero-order chi connectivity index (χ0) is 19.7. The zero-order valence-electron chi connectivity index (χ0n) is 14.3. The molecule has 0 radical (unpaired) electrons. The normalized spacial score (nSPS) is 13.3. The monoisotopic (exact) mass is 427 g/mol. The number of aromatic nitrogens is 1. The smallest absolute Gasteiger partial charge is 0.285 e. The van der Waals surface area contributed by atoms with Gasteiger partial charge in [0.25, 0.3) is 10.0 Å². The van der Waals surface area contributed by atoms with E-state index >= 15 is 0 Å². The molecule has 0 unspecified atom stereocenters. The van der Waals surface area contributed by atoms with Crippen molar-refractivity contribution in [3.8, 4) is 0 Å². The van der Waals surface area contributed by atoms with Crippen LogP contribution < -0.4 is 9.94 Å². The molecule has 2 N–H and O–H groups in total. The third kappa shape index (κ3) is 4.28. The van der Waals surface area contributed by atoms with Crippen LogP contribution in [0.2, 0.25) is 0 Å². The summed E-state index contributed by atoms with van der Waals surface area (Å²) in [7, 11) is -6.25. The van der Waals surface area contributed by atoms with Gasteiger partial charge in [-0.25, -0.2) is 13.6 Å². The Labute approximate surface area is 160 Å². The van der Waals surface area contributed by atoms with Crippen LogP contribution in [0.5, 0.6) is 0 Å². The van der Waals surface area contributed by atoms with E-state index < -0.39 is 20.0 Å². The number of nitrogens with two attached hydrogens (primary N) is 1. The third-order valence-corrected chi connectivity index (χ3v) is 7.09. The summed E-state index contributed by atoms with van der Waals surface area (Å²) in [5.74, 6) is 0. The molecule has 0 saturated heterocycles. The average Bonchev–Trinajstić information content (AvgIpc) is 2.95. The van der Waals surface area contributed by atoms with Crippen LogP contribution in [-0.2, 0) is 31.3 Å². The predicted molar refractivity (Wildman–Crippen MR) is 102 cm³/mol. The molecule has 0 atom stereocenters. The first-order valence-corrected chi connectivity index (χ1v) is 11.5. The lowest BCUT2D eigenvalue weighted by Gasteiger charge is -2.05. The molecule has 0 spiro atoms. The van der Waals surface area contributed by atoms with E-state index in [1.165, 1.54) is 31.4 Å². The summed E-state index contributed by atoms with van der Waals surface area (Å²) in [5.41, 5.74) is 0.645. The number of sulfonamides is 2. The second-order valence-corrected chi connectivity index (χ2v) is 9.76. The molecule has 0 aliphatic carbocycles. The number of rotatable bonds is 6. The standard InChI is InChI=1S/C16H17N3O5S3/c1-24-10-9-19-14-8-7-13(26(17,20)21)11-15(14)25-16(19)18-27(22,23)12-5-3-2-4-6-12/h2-8,11H,9-10H2,1H3,(H2,17,20,21)/b18-16-. The van der Waals surface area contributed by atoms with Crippen molar-refractivity contribution in [2.45, 2.75) is 16.3 Å². The van der Waals surface area contributed by atoms with E-state index in [1.54, 1.807) is 28.8 Å². The van der Waals surface area contributed by atoms with E-state index in [9.17, 15) is 16.8 Å². The molecule has 0 bridgehead atoms. The predicted octanol–water partition coefficient (Wildman–Crippen LogP) is 1.29. The maximum atomic E-state index is 12.6. The number of hydrogen-bond acceptors (Lipinski definition) is 6. The van der Waals surface area contributed by atoms with Crippen LogP contribution in [0.15, 0.2) is 62.7 Å². The number of methoxy groups -OCH3 is 1. The largest absolute Gasteiger partial charge is 0.383 e. The fourth-order valence-corrected chi connectivity index (χ4v) is 5.38. The zero-order valence-corrected chi connectivity index (χ0v) is 16.7. The molecular formula is C16H17N3O5S3. The number of benzene rings is 2. The Morgan fingerprint density at radius 1 is 1.07 bits per heavy atom. The second kappa shape index (κ2) is 7.52. The number of thiazole rings is 1. The molecule has 11 heteroatoms. The summed E-state index contributed by atoms with van der Waals surface area (Å²) >= 11 is 1.07. The highest BCUT2D eigenvalue weighted by molar-refractivity contribution is 7.90. The Hall–Kier alpha value is -2.05. The molecule has 2 aromatic carbocycles. The highest BCUT2D eigenvalue weighted by Crippen LogP contribution is 2.22. The lowest BCUT2D eigenvalue weighted by atomic mass is 10.3. The molecular weight excluding hydrogens is 410 g/mol. The minimum atomic E-state index is -3.92. The van der Waals surface area contributed by atoms with Gasteiger partial charge in [0.15, 0.2) is 0 Å². The first-order chi connectivity index (χ1) is 12.7. The van der Waals surface area contributed by atoms with Gasteiger partial charge in [-0.1, -0.05) is 29.5 Å². The highest BCUT2D eigenvalue weighted by atomic mass is 32.2. The van der Waals surface area contributed by atoms with Crippen molar-refractivity contribution in [3.63, 3.8) is 0 Å². The number of ether oxygens (including phenoxy) is 1. The molecule has 1 heterocycles. The van der Waals surface area contributed by atoms with Crippen LogP contribution in [0.25, 0.3) is 10.2 Å². The van der Waals surface area contributed by atoms with Crippen LogP contribution in [0.3, 0.4) is 0 Å². The van der Waals surface area contributed by atoms with Gasteiger partial charge in [-0.3, -0.25) is 0 Å². The van der Waals surface area contributed by atoms with Crippen LogP contribution >= 0.6 is 11.3 Å². The Balaban J connectivity index is 2.24. The molecule has 0 saturated carbocycles. The average molecular weight is 428 g/mol. The fraction of sp³-hybridized carbons (Fsp3) is 0.188. The van der Waals surface area contributed by atoms with E-state index in [4.69, 9.17) is 9.88 Å². The van der Waals surface area contributed by atoms with Gasteiger partial charge < -0.3 is 9.30 Å². The summed E-state index contributed by atoms with van der Waals surface area (Å²) in [4.78, 5) is 0.246. The molecule has 8 nitrogen and oxygen atoms in total. The van der Waals surface area contributed by atoms with Gasteiger partial charge in [0.05, 0.1) is 26.6 Å². The lowest BCUT2D eigenvalue weighted by molar-refractivity contribution is 0.187. The Bertz CT molecular complexity index is 1240. The summed E-state index contributed by atoms with van der Waals surface area (Å²) in [6.45, 7) is 0.690. The molecule has 1 aromatic heterocycles.